The molecule has 40 heavy (non-hydrogen) atoms. The SMILES string of the molecule is CCCCOc1cccc(/C(O)=C2\C(=O)C(=O)N(c3nc(C)c(C(=O)OC)s3)C2c2ccc(OC)c(OC)c2)c1. The zero-order valence-electron chi connectivity index (χ0n) is 22.8. The molecule has 0 saturated carbocycles. The van der Waals surface area contributed by atoms with Crippen molar-refractivity contribution in [3.05, 3.63) is 69.7 Å². The molecule has 2 heterocycles. The number of carbonyl (C=O) groups excluding carboxylic acids is 3. The highest BCUT2D eigenvalue weighted by molar-refractivity contribution is 7.17. The number of aliphatic hydroxyl groups excluding tert-OH is 1. The van der Waals surface area contributed by atoms with Crippen LogP contribution in [0.5, 0.6) is 17.2 Å². The summed E-state index contributed by atoms with van der Waals surface area (Å²) >= 11 is 0.922. The molecule has 10 nitrogen and oxygen atoms in total. The zero-order chi connectivity index (χ0) is 29.0. The molecule has 0 spiro atoms. The van der Waals surface area contributed by atoms with Gasteiger partial charge in [-0.3, -0.25) is 14.5 Å². The third kappa shape index (κ3) is 5.37. The van der Waals surface area contributed by atoms with E-state index >= 15 is 0 Å². The summed E-state index contributed by atoms with van der Waals surface area (Å²) in [4.78, 5) is 45.1. The summed E-state index contributed by atoms with van der Waals surface area (Å²) in [6, 6.07) is 10.6. The minimum atomic E-state index is -1.08. The van der Waals surface area contributed by atoms with E-state index in [0.29, 0.717) is 40.7 Å². The molecule has 0 radical (unpaired) electrons. The lowest BCUT2D eigenvalue weighted by atomic mass is 9.95. The number of benzene rings is 2. The molecule has 1 aliphatic heterocycles. The van der Waals surface area contributed by atoms with Gasteiger partial charge in [-0.05, 0) is 43.2 Å². The Morgan fingerprint density at radius 3 is 2.50 bits per heavy atom. The number of unbranched alkanes of at least 4 members (excludes halogenated alkanes) is 1. The van der Waals surface area contributed by atoms with Crippen LogP contribution in [0.3, 0.4) is 0 Å². The lowest BCUT2D eigenvalue weighted by Crippen LogP contribution is -2.29. The van der Waals surface area contributed by atoms with E-state index in [4.69, 9.17) is 18.9 Å². The number of ether oxygens (including phenoxy) is 4. The maximum Gasteiger partial charge on any atom is 0.350 e. The summed E-state index contributed by atoms with van der Waals surface area (Å²) in [6.07, 6.45) is 1.82. The summed E-state index contributed by atoms with van der Waals surface area (Å²) in [5, 5.41) is 11.6. The number of hydrogen-bond donors (Lipinski definition) is 1. The number of rotatable bonds is 10. The molecule has 1 amide bonds. The highest BCUT2D eigenvalue weighted by Crippen LogP contribution is 2.45. The molecule has 1 unspecified atom stereocenters. The van der Waals surface area contributed by atoms with E-state index < -0.39 is 23.7 Å². The molecule has 0 aliphatic carbocycles. The summed E-state index contributed by atoms with van der Waals surface area (Å²) in [7, 11) is 4.21. The first-order valence-corrected chi connectivity index (χ1v) is 13.4. The highest BCUT2D eigenvalue weighted by Gasteiger charge is 2.48. The third-order valence-corrected chi connectivity index (χ3v) is 7.54. The normalized spacial score (nSPS) is 16.2. The Hall–Kier alpha value is -4.38. The minimum absolute atomic E-state index is 0.107. The van der Waals surface area contributed by atoms with Crippen LogP contribution in [0.2, 0.25) is 0 Å². The first-order chi connectivity index (χ1) is 19.2. The average molecular weight is 567 g/mol. The molecule has 1 atom stereocenters. The van der Waals surface area contributed by atoms with Crippen molar-refractivity contribution in [2.75, 3.05) is 32.8 Å². The van der Waals surface area contributed by atoms with Crippen molar-refractivity contribution in [2.24, 2.45) is 0 Å². The molecule has 1 aromatic heterocycles. The van der Waals surface area contributed by atoms with Crippen LogP contribution < -0.4 is 19.1 Å². The zero-order valence-corrected chi connectivity index (χ0v) is 23.7. The molecular weight excluding hydrogens is 536 g/mol. The van der Waals surface area contributed by atoms with Crippen molar-refractivity contribution in [3.8, 4) is 17.2 Å². The number of aromatic nitrogens is 1. The second-order valence-corrected chi connectivity index (χ2v) is 9.89. The summed E-state index contributed by atoms with van der Waals surface area (Å²) < 4.78 is 21.4. The van der Waals surface area contributed by atoms with Gasteiger partial charge in [-0.25, -0.2) is 9.78 Å². The van der Waals surface area contributed by atoms with E-state index in [1.165, 1.54) is 26.2 Å². The first kappa shape index (κ1) is 28.6. The molecule has 1 N–H and O–H groups in total. The smallest absolute Gasteiger partial charge is 0.350 e. The number of esters is 1. The number of carbonyl (C=O) groups is 3. The lowest BCUT2D eigenvalue weighted by Gasteiger charge is -2.24. The predicted molar refractivity (Wildman–Crippen MR) is 149 cm³/mol. The van der Waals surface area contributed by atoms with Gasteiger partial charge in [-0.2, -0.15) is 0 Å². The standard InChI is InChI=1S/C29H30N2O8S/c1-6-7-13-39-19-10-8-9-18(14-19)24(32)22-23(17-11-12-20(36-3)21(15-17)37-4)31(27(34)25(22)33)29-30-16(2)26(40-29)28(35)38-5/h8-12,14-15,23,32H,6-7,13H2,1-5H3/b24-22+. The van der Waals surface area contributed by atoms with Crippen LogP contribution in [-0.4, -0.2) is 55.7 Å². The van der Waals surface area contributed by atoms with Crippen LogP contribution in [0.1, 0.15) is 52.3 Å². The number of aryl methyl sites for hydroxylation is 1. The number of aliphatic hydroxyl groups is 1. The molecule has 2 aromatic carbocycles. The largest absolute Gasteiger partial charge is 0.507 e. The van der Waals surface area contributed by atoms with Crippen LogP contribution in [-0.2, 0) is 14.3 Å². The van der Waals surface area contributed by atoms with E-state index in [1.54, 1.807) is 49.4 Å². The molecule has 0 bridgehead atoms. The molecule has 1 saturated heterocycles. The topological polar surface area (TPSA) is 124 Å². The monoisotopic (exact) mass is 566 g/mol. The Balaban J connectivity index is 1.91. The van der Waals surface area contributed by atoms with Crippen LogP contribution in [0, 0.1) is 6.92 Å². The van der Waals surface area contributed by atoms with Gasteiger partial charge in [0.2, 0.25) is 0 Å². The number of amides is 1. The maximum atomic E-state index is 13.5. The Morgan fingerprint density at radius 2 is 1.82 bits per heavy atom. The van der Waals surface area contributed by atoms with E-state index in [9.17, 15) is 19.5 Å². The first-order valence-electron chi connectivity index (χ1n) is 12.6. The van der Waals surface area contributed by atoms with Gasteiger partial charge in [0.1, 0.15) is 16.4 Å². The number of thiazole rings is 1. The summed E-state index contributed by atoms with van der Waals surface area (Å²) in [5.74, 6) is -1.46. The lowest BCUT2D eigenvalue weighted by molar-refractivity contribution is -0.132. The number of nitrogens with zero attached hydrogens (tertiary/aromatic N) is 2. The Labute approximate surface area is 235 Å². The molecule has 1 fully saturated rings. The van der Waals surface area contributed by atoms with Crippen LogP contribution >= 0.6 is 11.3 Å². The van der Waals surface area contributed by atoms with Gasteiger partial charge >= 0.3 is 11.9 Å². The number of methoxy groups -OCH3 is 3. The predicted octanol–water partition coefficient (Wildman–Crippen LogP) is 5.06. The summed E-state index contributed by atoms with van der Waals surface area (Å²) in [5.41, 5.74) is 0.969. The molecule has 11 heteroatoms. The van der Waals surface area contributed by atoms with E-state index in [1.807, 2.05) is 0 Å². The Bertz CT molecular complexity index is 1480. The Kier molecular flexibility index (Phi) is 8.73. The second kappa shape index (κ2) is 12.2. The van der Waals surface area contributed by atoms with Crippen molar-refractivity contribution in [1.29, 1.82) is 0 Å². The number of hydrogen-bond acceptors (Lipinski definition) is 10. The van der Waals surface area contributed by atoms with E-state index in [-0.39, 0.29) is 21.3 Å². The quantitative estimate of drug-likeness (QED) is 0.118. The highest BCUT2D eigenvalue weighted by atomic mass is 32.1. The second-order valence-electron chi connectivity index (χ2n) is 8.92. The van der Waals surface area contributed by atoms with Crippen molar-refractivity contribution in [1.82, 2.24) is 4.98 Å². The summed E-state index contributed by atoms with van der Waals surface area (Å²) in [6.45, 7) is 4.16. The van der Waals surface area contributed by atoms with Crippen molar-refractivity contribution in [2.45, 2.75) is 32.7 Å². The molecular formula is C29H30N2O8S. The molecule has 4 rings (SSSR count). The van der Waals surface area contributed by atoms with E-state index in [0.717, 1.165) is 24.2 Å². The fourth-order valence-electron chi connectivity index (χ4n) is 4.36. The molecule has 210 valence electrons. The minimum Gasteiger partial charge on any atom is -0.507 e. The van der Waals surface area contributed by atoms with Gasteiger partial charge in [0.05, 0.1) is 45.2 Å². The van der Waals surface area contributed by atoms with Gasteiger partial charge in [0.25, 0.3) is 5.78 Å². The fourth-order valence-corrected chi connectivity index (χ4v) is 5.37. The Morgan fingerprint density at radius 1 is 1.07 bits per heavy atom. The average Bonchev–Trinajstić information content (AvgIpc) is 3.48. The molecule has 1 aliphatic rings. The van der Waals surface area contributed by atoms with Crippen molar-refractivity contribution in [3.63, 3.8) is 0 Å². The van der Waals surface area contributed by atoms with E-state index in [2.05, 4.69) is 11.9 Å². The van der Waals surface area contributed by atoms with Crippen LogP contribution in [0.4, 0.5) is 5.13 Å². The van der Waals surface area contributed by atoms with Gasteiger partial charge < -0.3 is 24.1 Å². The third-order valence-electron chi connectivity index (χ3n) is 6.40. The number of Topliss-reactive ketones (excluding diaryl/α,β-unsaturated/α-hetero) is 1. The maximum absolute atomic E-state index is 13.5. The van der Waals surface area contributed by atoms with Gasteiger partial charge in [0, 0.05) is 5.56 Å². The number of anilines is 1. The van der Waals surface area contributed by atoms with Crippen LogP contribution in [0.15, 0.2) is 48.0 Å². The fraction of sp³-hybridized carbons (Fsp3) is 0.310. The van der Waals surface area contributed by atoms with Crippen molar-refractivity contribution >= 4 is 39.9 Å². The number of ketones is 1. The van der Waals surface area contributed by atoms with Crippen molar-refractivity contribution < 1.29 is 38.4 Å². The van der Waals surface area contributed by atoms with Gasteiger partial charge in [-0.15, -0.1) is 0 Å². The van der Waals surface area contributed by atoms with Gasteiger partial charge in [-0.1, -0.05) is 42.9 Å². The molecule has 3 aromatic rings. The van der Waals surface area contributed by atoms with Gasteiger partial charge in [0.15, 0.2) is 16.6 Å². The van der Waals surface area contributed by atoms with Crippen LogP contribution in [0.25, 0.3) is 5.76 Å².